The zero-order chi connectivity index (χ0) is 17.7. The summed E-state index contributed by atoms with van der Waals surface area (Å²) in [5, 5.41) is 0. The van der Waals surface area contributed by atoms with Gasteiger partial charge in [0.25, 0.3) is 5.91 Å². The highest BCUT2D eigenvalue weighted by Gasteiger charge is 2.30. The minimum atomic E-state index is -0.537. The predicted octanol–water partition coefficient (Wildman–Crippen LogP) is 2.87. The second-order valence-electron chi connectivity index (χ2n) is 6.38. The summed E-state index contributed by atoms with van der Waals surface area (Å²) in [6.45, 7) is 9.10. The van der Waals surface area contributed by atoms with Gasteiger partial charge in [-0.2, -0.15) is 0 Å². The van der Waals surface area contributed by atoms with E-state index in [0.29, 0.717) is 32.5 Å². The van der Waals surface area contributed by atoms with Gasteiger partial charge in [-0.25, -0.2) is 0 Å². The van der Waals surface area contributed by atoms with Crippen LogP contribution in [0.3, 0.4) is 0 Å². The number of aryl methyl sites for hydroxylation is 2. The lowest BCUT2D eigenvalue weighted by Crippen LogP contribution is -2.46. The van der Waals surface area contributed by atoms with Gasteiger partial charge in [0.15, 0.2) is 6.10 Å². The molecule has 2 rings (SSSR count). The van der Waals surface area contributed by atoms with Crippen LogP contribution in [0.25, 0.3) is 0 Å². The van der Waals surface area contributed by atoms with E-state index in [-0.39, 0.29) is 17.8 Å². The molecular weight excluding hydrogens is 306 g/mol. The summed E-state index contributed by atoms with van der Waals surface area (Å²) in [5.74, 6) is 0.476. The first-order valence-corrected chi connectivity index (χ1v) is 8.61. The molecule has 24 heavy (non-hydrogen) atoms. The maximum atomic E-state index is 12.6. The fourth-order valence-electron chi connectivity index (χ4n) is 2.93. The highest BCUT2D eigenvalue weighted by atomic mass is 16.5. The lowest BCUT2D eigenvalue weighted by Gasteiger charge is -2.32. The number of piperidine rings is 1. The average Bonchev–Trinajstić information content (AvgIpc) is 2.57. The van der Waals surface area contributed by atoms with E-state index in [2.05, 4.69) is 0 Å². The van der Waals surface area contributed by atoms with Crippen molar-refractivity contribution in [2.24, 2.45) is 5.92 Å². The minimum absolute atomic E-state index is 0.0294. The van der Waals surface area contributed by atoms with Crippen LogP contribution in [-0.2, 0) is 14.3 Å². The van der Waals surface area contributed by atoms with Crippen molar-refractivity contribution < 1.29 is 19.1 Å². The van der Waals surface area contributed by atoms with Crippen LogP contribution in [0.15, 0.2) is 18.2 Å². The number of amides is 1. The largest absolute Gasteiger partial charge is 0.481 e. The van der Waals surface area contributed by atoms with Crippen molar-refractivity contribution in [1.29, 1.82) is 0 Å². The Hall–Kier alpha value is -2.04. The smallest absolute Gasteiger partial charge is 0.309 e. The van der Waals surface area contributed by atoms with Crippen LogP contribution < -0.4 is 4.74 Å². The van der Waals surface area contributed by atoms with Gasteiger partial charge in [-0.15, -0.1) is 0 Å². The molecular formula is C19H27NO4. The van der Waals surface area contributed by atoms with Crippen molar-refractivity contribution in [3.8, 4) is 5.75 Å². The molecule has 0 saturated carbocycles. The summed E-state index contributed by atoms with van der Waals surface area (Å²) in [6.07, 6.45) is 0.770. The van der Waals surface area contributed by atoms with Gasteiger partial charge in [-0.3, -0.25) is 9.59 Å². The number of rotatable bonds is 5. The van der Waals surface area contributed by atoms with Gasteiger partial charge < -0.3 is 14.4 Å². The Balaban J connectivity index is 1.90. The predicted molar refractivity (Wildman–Crippen MR) is 91.9 cm³/mol. The third-order valence-corrected chi connectivity index (χ3v) is 4.42. The van der Waals surface area contributed by atoms with Gasteiger partial charge in [0.05, 0.1) is 12.5 Å². The topological polar surface area (TPSA) is 55.8 Å². The molecule has 0 bridgehead atoms. The molecule has 5 nitrogen and oxygen atoms in total. The summed E-state index contributed by atoms with van der Waals surface area (Å²) in [5.41, 5.74) is 2.12. The molecule has 0 spiro atoms. The van der Waals surface area contributed by atoms with Crippen LogP contribution in [0.5, 0.6) is 5.75 Å². The SMILES string of the molecule is CCOC(=O)C1CCN(C(=O)[C@@H](C)Oc2cc(C)ccc2C)CC1. The number of nitrogens with zero attached hydrogens (tertiary/aromatic N) is 1. The van der Waals surface area contributed by atoms with Gasteiger partial charge in [0.1, 0.15) is 5.75 Å². The number of likely N-dealkylation sites (tertiary alicyclic amines) is 1. The van der Waals surface area contributed by atoms with Crippen molar-refractivity contribution in [2.45, 2.75) is 46.6 Å². The van der Waals surface area contributed by atoms with Gasteiger partial charge >= 0.3 is 5.97 Å². The monoisotopic (exact) mass is 333 g/mol. The van der Waals surface area contributed by atoms with E-state index < -0.39 is 6.10 Å². The fraction of sp³-hybridized carbons (Fsp3) is 0.579. The maximum absolute atomic E-state index is 12.6. The first-order chi connectivity index (χ1) is 11.4. The number of hydrogen-bond donors (Lipinski definition) is 0. The van der Waals surface area contributed by atoms with E-state index in [0.717, 1.165) is 16.9 Å². The third-order valence-electron chi connectivity index (χ3n) is 4.42. The van der Waals surface area contributed by atoms with Crippen LogP contribution in [0, 0.1) is 19.8 Å². The second-order valence-corrected chi connectivity index (χ2v) is 6.38. The van der Waals surface area contributed by atoms with Gasteiger partial charge in [-0.05, 0) is 57.7 Å². The molecule has 1 aliphatic heterocycles. The van der Waals surface area contributed by atoms with Crippen LogP contribution in [-0.4, -0.2) is 42.6 Å². The molecule has 1 aromatic rings. The first kappa shape index (κ1) is 18.3. The highest BCUT2D eigenvalue weighted by molar-refractivity contribution is 5.81. The Kier molecular flexibility index (Phi) is 6.23. The number of carbonyl (C=O) groups is 2. The Bertz CT molecular complexity index is 591. The lowest BCUT2D eigenvalue weighted by atomic mass is 9.96. The fourth-order valence-corrected chi connectivity index (χ4v) is 2.93. The average molecular weight is 333 g/mol. The number of carbonyl (C=O) groups excluding carboxylic acids is 2. The zero-order valence-electron chi connectivity index (χ0n) is 15.0. The number of hydrogen-bond acceptors (Lipinski definition) is 4. The number of benzene rings is 1. The molecule has 1 saturated heterocycles. The molecule has 1 atom stereocenters. The summed E-state index contributed by atoms with van der Waals surface area (Å²) in [7, 11) is 0. The van der Waals surface area contributed by atoms with Crippen LogP contribution in [0.1, 0.15) is 37.8 Å². The summed E-state index contributed by atoms with van der Waals surface area (Å²) >= 11 is 0. The van der Waals surface area contributed by atoms with E-state index >= 15 is 0 Å². The molecule has 132 valence electrons. The van der Waals surface area contributed by atoms with E-state index in [1.54, 1.807) is 11.8 Å². The standard InChI is InChI=1S/C19H27NO4/c1-5-23-19(22)16-8-10-20(11-9-16)18(21)15(4)24-17-12-13(2)6-7-14(17)3/h6-7,12,15-16H,5,8-11H2,1-4H3/t15-/m1/s1. The van der Waals surface area contributed by atoms with E-state index in [9.17, 15) is 9.59 Å². The first-order valence-electron chi connectivity index (χ1n) is 8.61. The Morgan fingerprint density at radius 3 is 2.54 bits per heavy atom. The lowest BCUT2D eigenvalue weighted by molar-refractivity contribution is -0.152. The quantitative estimate of drug-likeness (QED) is 0.778. The van der Waals surface area contributed by atoms with E-state index in [4.69, 9.17) is 9.47 Å². The third kappa shape index (κ3) is 4.49. The van der Waals surface area contributed by atoms with E-state index in [1.807, 2.05) is 39.0 Å². The van der Waals surface area contributed by atoms with Crippen LogP contribution >= 0.6 is 0 Å². The Morgan fingerprint density at radius 2 is 1.92 bits per heavy atom. The maximum Gasteiger partial charge on any atom is 0.309 e. The molecule has 1 fully saturated rings. The molecule has 0 aromatic heterocycles. The summed E-state index contributed by atoms with van der Waals surface area (Å²) in [4.78, 5) is 26.1. The molecule has 0 radical (unpaired) electrons. The van der Waals surface area contributed by atoms with Crippen molar-refractivity contribution in [3.63, 3.8) is 0 Å². The van der Waals surface area contributed by atoms with Gasteiger partial charge in [-0.1, -0.05) is 12.1 Å². The normalized spacial score (nSPS) is 16.6. The molecule has 1 heterocycles. The van der Waals surface area contributed by atoms with Crippen molar-refractivity contribution in [2.75, 3.05) is 19.7 Å². The highest BCUT2D eigenvalue weighted by Crippen LogP contribution is 2.23. The van der Waals surface area contributed by atoms with E-state index in [1.165, 1.54) is 0 Å². The van der Waals surface area contributed by atoms with Crippen LogP contribution in [0.2, 0.25) is 0 Å². The van der Waals surface area contributed by atoms with Crippen LogP contribution in [0.4, 0.5) is 0 Å². The van der Waals surface area contributed by atoms with Crippen molar-refractivity contribution in [3.05, 3.63) is 29.3 Å². The molecule has 1 aromatic carbocycles. The summed E-state index contributed by atoms with van der Waals surface area (Å²) < 4.78 is 10.9. The number of esters is 1. The van der Waals surface area contributed by atoms with Gasteiger partial charge in [0.2, 0.25) is 0 Å². The molecule has 1 amide bonds. The van der Waals surface area contributed by atoms with Gasteiger partial charge in [0, 0.05) is 13.1 Å². The number of ether oxygens (including phenoxy) is 2. The molecule has 0 N–H and O–H groups in total. The molecule has 0 aliphatic carbocycles. The molecule has 0 unspecified atom stereocenters. The second kappa shape index (κ2) is 8.18. The van der Waals surface area contributed by atoms with Crippen molar-refractivity contribution >= 4 is 11.9 Å². The molecule has 1 aliphatic rings. The summed E-state index contributed by atoms with van der Waals surface area (Å²) in [6, 6.07) is 5.97. The minimum Gasteiger partial charge on any atom is -0.481 e. The van der Waals surface area contributed by atoms with Crippen molar-refractivity contribution in [1.82, 2.24) is 4.90 Å². The zero-order valence-corrected chi connectivity index (χ0v) is 15.0. The molecule has 5 heteroatoms. The Labute approximate surface area is 143 Å². The Morgan fingerprint density at radius 1 is 1.25 bits per heavy atom.